The Morgan fingerprint density at radius 1 is 1.31 bits per heavy atom. The summed E-state index contributed by atoms with van der Waals surface area (Å²) in [6, 6.07) is 0. The van der Waals surface area contributed by atoms with Crippen LogP contribution in [-0.4, -0.2) is 4.99 Å². The van der Waals surface area contributed by atoms with Crippen LogP contribution in [0.15, 0.2) is 35.6 Å². The Balaban J connectivity index is 2.34. The monoisotopic (exact) mass is 191 g/mol. The standard InChI is InChI=1S/C11H13NS/c1-11(2)5-3-8-7-10(13)12-9(8)4-6-11/h3-6H,7H2,1-2H3,(H,12,13). The van der Waals surface area contributed by atoms with Crippen molar-refractivity contribution in [2.24, 2.45) is 5.41 Å². The molecule has 2 heteroatoms. The highest BCUT2D eigenvalue weighted by atomic mass is 32.1. The van der Waals surface area contributed by atoms with E-state index in [4.69, 9.17) is 12.2 Å². The van der Waals surface area contributed by atoms with Gasteiger partial charge in [0, 0.05) is 17.5 Å². The van der Waals surface area contributed by atoms with Crippen molar-refractivity contribution in [2.75, 3.05) is 0 Å². The maximum absolute atomic E-state index is 5.11. The van der Waals surface area contributed by atoms with E-state index in [1.807, 2.05) is 0 Å². The molecule has 13 heavy (non-hydrogen) atoms. The van der Waals surface area contributed by atoms with Gasteiger partial charge in [-0.3, -0.25) is 0 Å². The third-order valence-electron chi connectivity index (χ3n) is 2.36. The maximum Gasteiger partial charge on any atom is 0.0842 e. The number of hydrogen-bond acceptors (Lipinski definition) is 1. The van der Waals surface area contributed by atoms with Gasteiger partial charge in [-0.1, -0.05) is 44.3 Å². The molecule has 0 saturated carbocycles. The second-order valence-electron chi connectivity index (χ2n) is 4.15. The lowest BCUT2D eigenvalue weighted by molar-refractivity contribution is 0.626. The summed E-state index contributed by atoms with van der Waals surface area (Å²) in [7, 11) is 0. The molecule has 0 fully saturated rings. The van der Waals surface area contributed by atoms with E-state index >= 15 is 0 Å². The van der Waals surface area contributed by atoms with Crippen LogP contribution in [0.4, 0.5) is 0 Å². The van der Waals surface area contributed by atoms with Crippen molar-refractivity contribution in [3.05, 3.63) is 35.6 Å². The third-order valence-corrected chi connectivity index (χ3v) is 2.61. The Kier molecular flexibility index (Phi) is 1.88. The topological polar surface area (TPSA) is 12.0 Å². The lowest BCUT2D eigenvalue weighted by atomic mass is 9.93. The van der Waals surface area contributed by atoms with Crippen LogP contribution in [0, 0.1) is 5.41 Å². The zero-order chi connectivity index (χ0) is 9.47. The molecule has 1 aliphatic heterocycles. The van der Waals surface area contributed by atoms with E-state index in [1.54, 1.807) is 0 Å². The normalized spacial score (nSPS) is 24.3. The summed E-state index contributed by atoms with van der Waals surface area (Å²) in [5, 5.41) is 3.21. The minimum absolute atomic E-state index is 0.160. The fourth-order valence-electron chi connectivity index (χ4n) is 1.51. The van der Waals surface area contributed by atoms with Gasteiger partial charge in [0.25, 0.3) is 0 Å². The second-order valence-corrected chi connectivity index (χ2v) is 4.64. The fourth-order valence-corrected chi connectivity index (χ4v) is 1.77. The van der Waals surface area contributed by atoms with Crippen LogP contribution in [0.2, 0.25) is 0 Å². The van der Waals surface area contributed by atoms with Crippen LogP contribution in [0.25, 0.3) is 0 Å². The van der Waals surface area contributed by atoms with Gasteiger partial charge >= 0.3 is 0 Å². The van der Waals surface area contributed by atoms with E-state index in [0.717, 1.165) is 11.4 Å². The molecule has 1 nitrogen and oxygen atoms in total. The summed E-state index contributed by atoms with van der Waals surface area (Å²) in [6.45, 7) is 4.39. The van der Waals surface area contributed by atoms with Gasteiger partial charge in [0.15, 0.2) is 0 Å². The van der Waals surface area contributed by atoms with Crippen molar-refractivity contribution >= 4 is 17.2 Å². The molecule has 0 aromatic rings. The van der Waals surface area contributed by atoms with Crippen LogP contribution in [0.1, 0.15) is 20.3 Å². The summed E-state index contributed by atoms with van der Waals surface area (Å²) >= 11 is 5.11. The Morgan fingerprint density at radius 3 is 2.77 bits per heavy atom. The van der Waals surface area contributed by atoms with Gasteiger partial charge < -0.3 is 5.32 Å². The van der Waals surface area contributed by atoms with Gasteiger partial charge in [-0.05, 0) is 11.6 Å². The Hall–Kier alpha value is -0.890. The van der Waals surface area contributed by atoms with E-state index < -0.39 is 0 Å². The highest BCUT2D eigenvalue weighted by Crippen LogP contribution is 2.28. The van der Waals surface area contributed by atoms with E-state index in [2.05, 4.69) is 43.5 Å². The van der Waals surface area contributed by atoms with Crippen molar-refractivity contribution in [2.45, 2.75) is 20.3 Å². The minimum Gasteiger partial charge on any atom is -0.350 e. The van der Waals surface area contributed by atoms with Crippen molar-refractivity contribution < 1.29 is 0 Å². The molecule has 1 heterocycles. The van der Waals surface area contributed by atoms with Gasteiger partial charge in [-0.2, -0.15) is 0 Å². The predicted molar refractivity (Wildman–Crippen MR) is 59.4 cm³/mol. The lowest BCUT2D eigenvalue weighted by Gasteiger charge is -2.12. The molecule has 0 atom stereocenters. The van der Waals surface area contributed by atoms with Crippen LogP contribution in [0.5, 0.6) is 0 Å². The van der Waals surface area contributed by atoms with Crippen molar-refractivity contribution in [1.82, 2.24) is 5.32 Å². The Morgan fingerprint density at radius 2 is 2.00 bits per heavy atom. The second kappa shape index (κ2) is 2.81. The van der Waals surface area contributed by atoms with Crippen LogP contribution in [-0.2, 0) is 0 Å². The summed E-state index contributed by atoms with van der Waals surface area (Å²) in [4.78, 5) is 0.930. The first-order chi connectivity index (χ1) is 6.07. The van der Waals surface area contributed by atoms with E-state index in [9.17, 15) is 0 Å². The average Bonchev–Trinajstić information content (AvgIpc) is 2.34. The molecule has 0 spiro atoms. The molecular weight excluding hydrogens is 178 g/mol. The van der Waals surface area contributed by atoms with Crippen molar-refractivity contribution in [1.29, 1.82) is 0 Å². The first-order valence-corrected chi connectivity index (χ1v) is 4.89. The zero-order valence-electron chi connectivity index (χ0n) is 7.92. The molecule has 0 radical (unpaired) electrons. The van der Waals surface area contributed by atoms with Gasteiger partial charge in [0.1, 0.15) is 0 Å². The van der Waals surface area contributed by atoms with Crippen LogP contribution >= 0.6 is 12.2 Å². The highest BCUT2D eigenvalue weighted by molar-refractivity contribution is 7.80. The number of allylic oxidation sites excluding steroid dienone is 4. The number of nitrogens with one attached hydrogen (secondary N) is 1. The quantitative estimate of drug-likeness (QED) is 0.591. The summed E-state index contributed by atoms with van der Waals surface area (Å²) in [5.74, 6) is 0. The molecule has 2 rings (SSSR count). The Labute approximate surface area is 84.2 Å². The summed E-state index contributed by atoms with van der Waals surface area (Å²) in [6.07, 6.45) is 9.63. The van der Waals surface area contributed by atoms with Gasteiger partial charge in [-0.25, -0.2) is 0 Å². The SMILES string of the molecule is CC1(C)C=CC2=C(C=C1)NC(=S)C2. The number of thiocarbonyl (C=S) groups is 1. The van der Waals surface area contributed by atoms with Crippen molar-refractivity contribution in [3.8, 4) is 0 Å². The molecular formula is C11H13NS. The first-order valence-electron chi connectivity index (χ1n) is 4.48. The minimum atomic E-state index is 0.160. The molecule has 0 unspecified atom stereocenters. The number of rotatable bonds is 0. The molecule has 68 valence electrons. The first kappa shape index (κ1) is 8.70. The molecule has 0 bridgehead atoms. The predicted octanol–water partition coefficient (Wildman–Crippen LogP) is 2.71. The van der Waals surface area contributed by atoms with Crippen molar-refractivity contribution in [3.63, 3.8) is 0 Å². The smallest absolute Gasteiger partial charge is 0.0842 e. The van der Waals surface area contributed by atoms with Gasteiger partial charge in [-0.15, -0.1) is 0 Å². The third kappa shape index (κ3) is 1.73. The van der Waals surface area contributed by atoms with E-state index in [-0.39, 0.29) is 5.41 Å². The maximum atomic E-state index is 5.11. The van der Waals surface area contributed by atoms with E-state index in [1.165, 1.54) is 11.3 Å². The highest BCUT2D eigenvalue weighted by Gasteiger charge is 2.19. The van der Waals surface area contributed by atoms with E-state index in [0.29, 0.717) is 0 Å². The largest absolute Gasteiger partial charge is 0.350 e. The van der Waals surface area contributed by atoms with Crippen LogP contribution < -0.4 is 5.32 Å². The Bertz CT molecular complexity index is 315. The van der Waals surface area contributed by atoms with Gasteiger partial charge in [0.2, 0.25) is 0 Å². The zero-order valence-corrected chi connectivity index (χ0v) is 8.74. The summed E-state index contributed by atoms with van der Waals surface area (Å²) in [5.41, 5.74) is 2.65. The molecule has 2 aliphatic rings. The molecule has 0 amide bonds. The molecule has 1 aliphatic carbocycles. The molecule has 0 aromatic heterocycles. The number of hydrogen-bond donors (Lipinski definition) is 1. The lowest BCUT2D eigenvalue weighted by Crippen LogP contribution is -2.12. The average molecular weight is 191 g/mol. The molecule has 1 N–H and O–H groups in total. The fraction of sp³-hybridized carbons (Fsp3) is 0.364. The van der Waals surface area contributed by atoms with Crippen LogP contribution in [0.3, 0.4) is 0 Å². The summed E-state index contributed by atoms with van der Waals surface area (Å²) < 4.78 is 0. The molecule has 0 saturated heterocycles. The molecule has 0 aromatic carbocycles. The van der Waals surface area contributed by atoms with Gasteiger partial charge in [0.05, 0.1) is 4.99 Å².